The lowest BCUT2D eigenvalue weighted by Crippen LogP contribution is -2.69. The molecule has 0 N–H and O–H groups in total. The quantitative estimate of drug-likeness (QED) is 0.106. The molecule has 4 nitrogen and oxygen atoms in total. The van der Waals surface area contributed by atoms with Gasteiger partial charge < -0.3 is 0 Å². The van der Waals surface area contributed by atoms with Crippen LogP contribution in [-0.2, 0) is 42.6 Å². The first-order chi connectivity index (χ1) is 23.7. The molecule has 0 saturated carbocycles. The zero-order valence-electron chi connectivity index (χ0n) is 30.3. The molecule has 5 aromatic rings. The van der Waals surface area contributed by atoms with Crippen molar-refractivity contribution in [3.05, 3.63) is 101 Å². The SMILES string of the molecule is CCCCc1ccc2c3c4[n+](ccc13)C(C)(CC)C(CC)(CCC[n+]1ccccc1-c1cc(C(F)(F)F)nn1C)c1ccc(F)c(c1-4)C2(C)C. The topological polar surface area (TPSA) is 25.6 Å². The summed E-state index contributed by atoms with van der Waals surface area (Å²) in [5.41, 5.74) is 5.73. The molecule has 4 heterocycles. The second-order valence-electron chi connectivity index (χ2n) is 15.2. The number of hydrogen-bond acceptors (Lipinski definition) is 1. The van der Waals surface area contributed by atoms with Crippen molar-refractivity contribution in [1.82, 2.24) is 9.78 Å². The Labute approximate surface area is 292 Å². The lowest BCUT2D eigenvalue weighted by atomic mass is 9.54. The van der Waals surface area contributed by atoms with Crippen LogP contribution >= 0.6 is 0 Å². The number of aryl methyl sites for hydroxylation is 3. The van der Waals surface area contributed by atoms with Crippen molar-refractivity contribution in [3.63, 3.8) is 0 Å². The lowest BCUT2D eigenvalue weighted by molar-refractivity contribution is -0.765. The van der Waals surface area contributed by atoms with Gasteiger partial charge in [-0.1, -0.05) is 59.2 Å². The van der Waals surface area contributed by atoms with Gasteiger partial charge in [-0.15, -0.1) is 0 Å². The number of aromatic nitrogens is 4. The van der Waals surface area contributed by atoms with E-state index in [0.29, 0.717) is 17.9 Å². The van der Waals surface area contributed by atoms with Crippen molar-refractivity contribution in [2.45, 2.75) is 116 Å². The van der Waals surface area contributed by atoms with Crippen LogP contribution in [0.2, 0.25) is 0 Å². The van der Waals surface area contributed by atoms with Crippen molar-refractivity contribution >= 4 is 10.8 Å². The smallest absolute Gasteiger partial charge is 0.261 e. The van der Waals surface area contributed by atoms with Gasteiger partial charge >= 0.3 is 6.18 Å². The number of unbranched alkanes of at least 4 members (excludes halogenated alkanes) is 1. The third-order valence-electron chi connectivity index (χ3n) is 12.4. The Balaban J connectivity index is 1.37. The van der Waals surface area contributed by atoms with E-state index in [1.807, 2.05) is 29.0 Å². The van der Waals surface area contributed by atoms with Gasteiger partial charge in [0.25, 0.3) is 0 Å². The fourth-order valence-corrected chi connectivity index (χ4v) is 9.66. The Morgan fingerprint density at radius 2 is 1.64 bits per heavy atom. The van der Waals surface area contributed by atoms with Gasteiger partial charge in [-0.25, -0.2) is 4.39 Å². The maximum absolute atomic E-state index is 16.4. The third kappa shape index (κ3) is 4.80. The average Bonchev–Trinajstić information content (AvgIpc) is 3.49. The van der Waals surface area contributed by atoms with E-state index in [9.17, 15) is 13.2 Å². The molecule has 262 valence electrons. The largest absolute Gasteiger partial charge is 0.435 e. The summed E-state index contributed by atoms with van der Waals surface area (Å²) in [6.45, 7) is 14.1. The van der Waals surface area contributed by atoms with Crippen LogP contribution < -0.4 is 9.13 Å². The predicted molar refractivity (Wildman–Crippen MR) is 189 cm³/mol. The third-order valence-corrected chi connectivity index (χ3v) is 12.4. The van der Waals surface area contributed by atoms with Crippen LogP contribution in [0.4, 0.5) is 17.6 Å². The summed E-state index contributed by atoms with van der Waals surface area (Å²) in [5, 5.41) is 6.30. The van der Waals surface area contributed by atoms with Gasteiger partial charge in [0.15, 0.2) is 23.6 Å². The van der Waals surface area contributed by atoms with Crippen LogP contribution in [-0.4, -0.2) is 9.78 Å². The summed E-state index contributed by atoms with van der Waals surface area (Å²) in [6, 6.07) is 17.3. The average molecular weight is 685 g/mol. The Morgan fingerprint density at radius 1 is 0.880 bits per heavy atom. The molecule has 2 aromatic carbocycles. The zero-order valence-corrected chi connectivity index (χ0v) is 30.3. The van der Waals surface area contributed by atoms with Crippen molar-refractivity contribution in [2.24, 2.45) is 7.05 Å². The summed E-state index contributed by atoms with van der Waals surface area (Å²) in [6.07, 6.45) is 6.27. The monoisotopic (exact) mass is 684 g/mol. The van der Waals surface area contributed by atoms with Gasteiger partial charge in [-0.05, 0) is 59.9 Å². The van der Waals surface area contributed by atoms with Gasteiger partial charge in [0, 0.05) is 62.1 Å². The van der Waals surface area contributed by atoms with E-state index in [-0.39, 0.29) is 16.8 Å². The molecule has 0 bridgehead atoms. The minimum atomic E-state index is -4.52. The molecular formula is C42H48F4N4+2. The van der Waals surface area contributed by atoms with Crippen LogP contribution in [0.1, 0.15) is 108 Å². The number of hydrogen-bond donors (Lipinski definition) is 0. The second-order valence-corrected chi connectivity index (χ2v) is 15.2. The minimum Gasteiger partial charge on any atom is -0.261 e. The zero-order chi connectivity index (χ0) is 35.8. The van der Waals surface area contributed by atoms with Crippen molar-refractivity contribution in [1.29, 1.82) is 0 Å². The van der Waals surface area contributed by atoms with E-state index in [1.54, 1.807) is 13.1 Å². The fraction of sp³-hybridized carbons (Fsp3) is 0.452. The molecule has 3 aromatic heterocycles. The fourth-order valence-electron chi connectivity index (χ4n) is 9.66. The molecule has 0 radical (unpaired) electrons. The number of rotatable bonds is 10. The highest BCUT2D eigenvalue weighted by molar-refractivity contribution is 6.02. The summed E-state index contributed by atoms with van der Waals surface area (Å²) in [5.74, 6) is -0.165. The summed E-state index contributed by atoms with van der Waals surface area (Å²) in [4.78, 5) is 0. The molecule has 0 fully saturated rings. The highest BCUT2D eigenvalue weighted by Gasteiger charge is 2.61. The molecule has 8 heteroatoms. The molecule has 2 atom stereocenters. The first-order valence-corrected chi connectivity index (χ1v) is 18.2. The van der Waals surface area contributed by atoms with Crippen LogP contribution in [0.5, 0.6) is 0 Å². The number of nitrogens with zero attached hydrogens (tertiary/aromatic N) is 4. The van der Waals surface area contributed by atoms with Gasteiger partial charge in [-0.3, -0.25) is 4.68 Å². The maximum atomic E-state index is 16.4. The Hall–Kier alpha value is -4.07. The van der Waals surface area contributed by atoms with Crippen LogP contribution in [0, 0.1) is 5.82 Å². The van der Waals surface area contributed by atoms with Crippen molar-refractivity contribution in [2.75, 3.05) is 0 Å². The molecule has 7 rings (SSSR count). The summed E-state index contributed by atoms with van der Waals surface area (Å²) >= 11 is 0. The lowest BCUT2D eigenvalue weighted by Gasteiger charge is -2.51. The molecule has 2 aliphatic rings. The highest BCUT2D eigenvalue weighted by atomic mass is 19.4. The normalized spacial score (nSPS) is 20.5. The predicted octanol–water partition coefficient (Wildman–Crippen LogP) is 9.89. The van der Waals surface area contributed by atoms with Crippen LogP contribution in [0.3, 0.4) is 0 Å². The Kier molecular flexibility index (Phi) is 8.27. The summed E-state index contributed by atoms with van der Waals surface area (Å²) < 4.78 is 62.9. The van der Waals surface area contributed by atoms with E-state index in [4.69, 9.17) is 0 Å². The Morgan fingerprint density at radius 3 is 2.32 bits per heavy atom. The molecule has 0 spiro atoms. The van der Waals surface area contributed by atoms with Gasteiger partial charge in [0.1, 0.15) is 18.1 Å². The summed E-state index contributed by atoms with van der Waals surface area (Å²) in [7, 11) is 1.55. The molecule has 2 unspecified atom stereocenters. The highest BCUT2D eigenvalue weighted by Crippen LogP contribution is 2.59. The van der Waals surface area contributed by atoms with E-state index in [2.05, 4.69) is 81.7 Å². The van der Waals surface area contributed by atoms with Gasteiger partial charge in [-0.2, -0.15) is 27.4 Å². The minimum absolute atomic E-state index is 0.165. The van der Waals surface area contributed by atoms with Crippen molar-refractivity contribution in [3.8, 4) is 22.6 Å². The number of benzene rings is 2. The number of halogens is 4. The number of alkyl halides is 3. The van der Waals surface area contributed by atoms with Crippen LogP contribution in [0.15, 0.2) is 67.0 Å². The second kappa shape index (κ2) is 12.0. The molecule has 1 aliphatic carbocycles. The molecular weight excluding hydrogens is 636 g/mol. The van der Waals surface area contributed by atoms with Crippen LogP contribution in [0.25, 0.3) is 33.4 Å². The first kappa shape index (κ1) is 34.4. The molecule has 0 amide bonds. The maximum Gasteiger partial charge on any atom is 0.435 e. The molecule has 1 aliphatic heterocycles. The standard InChI is InChI=1S/C42H48F4N4/c1-8-11-15-27-17-18-29-35-28(27)21-25-50-38(35)36-30(19-20-31(43)37(36)39(29,4)5)41(10-3,40(50,6)9-2)22-14-24-49-23-13-12-16-32(49)33-26-34(42(44,45)46)47-48(33)7/h12-13,16-21,23,25-26H,8-11,14-15,22,24H2,1-7H3/q+2. The van der Waals surface area contributed by atoms with E-state index in [1.165, 1.54) is 32.1 Å². The van der Waals surface area contributed by atoms with E-state index in [0.717, 1.165) is 67.8 Å². The Bertz CT molecular complexity index is 2130. The first-order valence-electron chi connectivity index (χ1n) is 18.2. The van der Waals surface area contributed by atoms with Gasteiger partial charge in [0.05, 0.1) is 16.4 Å². The molecule has 0 saturated heterocycles. The van der Waals surface area contributed by atoms with E-state index < -0.39 is 17.3 Å². The van der Waals surface area contributed by atoms with Gasteiger partial charge in [0.2, 0.25) is 11.4 Å². The molecule has 50 heavy (non-hydrogen) atoms. The van der Waals surface area contributed by atoms with Crippen molar-refractivity contribution < 1.29 is 26.7 Å². The number of pyridine rings is 2. The van der Waals surface area contributed by atoms with E-state index >= 15 is 4.39 Å².